The van der Waals surface area contributed by atoms with Crippen molar-refractivity contribution in [2.24, 2.45) is 7.05 Å². The molecule has 0 fully saturated rings. The molecule has 3 rings (SSSR count). The molecule has 0 saturated carbocycles. The van der Waals surface area contributed by atoms with Gasteiger partial charge >= 0.3 is 12.1 Å². The maximum absolute atomic E-state index is 12.1. The molecular formula is C15H15N3O4. The highest BCUT2D eigenvalue weighted by Gasteiger charge is 2.32. The van der Waals surface area contributed by atoms with Gasteiger partial charge in [-0.2, -0.15) is 5.10 Å². The van der Waals surface area contributed by atoms with E-state index in [2.05, 4.69) is 5.10 Å². The molecule has 2 aromatic rings. The number of hydrogen-bond acceptors (Lipinski definition) is 4. The van der Waals surface area contributed by atoms with Gasteiger partial charge in [0.1, 0.15) is 6.61 Å². The van der Waals surface area contributed by atoms with Gasteiger partial charge in [-0.1, -0.05) is 30.3 Å². The number of rotatable bonds is 3. The van der Waals surface area contributed by atoms with Crippen LogP contribution in [-0.2, 0) is 31.5 Å². The van der Waals surface area contributed by atoms with E-state index in [0.717, 1.165) is 5.56 Å². The number of hydrogen-bond donors (Lipinski definition) is 1. The third kappa shape index (κ3) is 2.52. The Balaban J connectivity index is 1.65. The van der Waals surface area contributed by atoms with Crippen molar-refractivity contribution < 1.29 is 19.4 Å². The topological polar surface area (TPSA) is 84.7 Å². The Kier molecular flexibility index (Phi) is 3.54. The monoisotopic (exact) mass is 301 g/mol. The second kappa shape index (κ2) is 5.51. The highest BCUT2D eigenvalue weighted by molar-refractivity contribution is 5.88. The lowest BCUT2D eigenvalue weighted by Crippen LogP contribution is -2.27. The number of carboxylic acid groups (broad SMARTS) is 1. The van der Waals surface area contributed by atoms with Crippen LogP contribution in [0.3, 0.4) is 0 Å². The van der Waals surface area contributed by atoms with Crippen LogP contribution in [0.1, 0.15) is 27.3 Å². The van der Waals surface area contributed by atoms with Gasteiger partial charge in [-0.3, -0.25) is 9.58 Å². The van der Waals surface area contributed by atoms with Crippen molar-refractivity contribution in [1.29, 1.82) is 0 Å². The largest absolute Gasteiger partial charge is 0.477 e. The molecule has 22 heavy (non-hydrogen) atoms. The van der Waals surface area contributed by atoms with E-state index in [1.54, 1.807) is 7.05 Å². The zero-order valence-corrected chi connectivity index (χ0v) is 12.0. The van der Waals surface area contributed by atoms with Crippen LogP contribution in [0.15, 0.2) is 30.3 Å². The molecule has 0 atom stereocenters. The summed E-state index contributed by atoms with van der Waals surface area (Å²) >= 11 is 0. The van der Waals surface area contributed by atoms with Gasteiger partial charge in [-0.25, -0.2) is 9.59 Å². The Labute approximate surface area is 126 Å². The zero-order valence-electron chi connectivity index (χ0n) is 12.0. The summed E-state index contributed by atoms with van der Waals surface area (Å²) < 4.78 is 6.58. The summed E-state index contributed by atoms with van der Waals surface area (Å²) in [6.07, 6.45) is -0.471. The van der Waals surface area contributed by atoms with Gasteiger partial charge in [0, 0.05) is 12.6 Å². The van der Waals surface area contributed by atoms with Gasteiger partial charge in [-0.05, 0) is 5.56 Å². The number of carbonyl (C=O) groups is 2. The fourth-order valence-electron chi connectivity index (χ4n) is 2.55. The van der Waals surface area contributed by atoms with Gasteiger partial charge in [0.05, 0.1) is 18.8 Å². The van der Waals surface area contributed by atoms with Crippen molar-refractivity contribution in [3.05, 3.63) is 52.8 Å². The van der Waals surface area contributed by atoms with Crippen LogP contribution in [0, 0.1) is 0 Å². The van der Waals surface area contributed by atoms with Crippen LogP contribution in [-0.4, -0.2) is 31.8 Å². The summed E-state index contributed by atoms with van der Waals surface area (Å²) in [6.45, 7) is 0.663. The van der Waals surface area contributed by atoms with Crippen LogP contribution in [0.25, 0.3) is 0 Å². The first kappa shape index (κ1) is 14.1. The Morgan fingerprint density at radius 2 is 2.00 bits per heavy atom. The van der Waals surface area contributed by atoms with Gasteiger partial charge in [0.15, 0.2) is 5.69 Å². The molecule has 7 nitrogen and oxygen atoms in total. The third-order valence-electron chi connectivity index (χ3n) is 3.58. The van der Waals surface area contributed by atoms with Gasteiger partial charge in [0.2, 0.25) is 0 Å². The van der Waals surface area contributed by atoms with Crippen LogP contribution in [0.4, 0.5) is 4.79 Å². The Morgan fingerprint density at radius 1 is 1.27 bits per heavy atom. The first-order valence-corrected chi connectivity index (χ1v) is 6.80. The molecule has 0 saturated heterocycles. The lowest BCUT2D eigenvalue weighted by Gasteiger charge is -2.16. The van der Waals surface area contributed by atoms with Crippen LogP contribution < -0.4 is 0 Å². The Morgan fingerprint density at radius 3 is 2.68 bits per heavy atom. The molecule has 0 aliphatic carbocycles. The number of nitrogens with zero attached hydrogens (tertiary/aromatic N) is 3. The first-order chi connectivity index (χ1) is 10.6. The average molecular weight is 301 g/mol. The van der Waals surface area contributed by atoms with Crippen LogP contribution >= 0.6 is 0 Å². The van der Waals surface area contributed by atoms with E-state index in [1.165, 1.54) is 9.58 Å². The van der Waals surface area contributed by atoms with E-state index in [4.69, 9.17) is 4.74 Å². The third-order valence-corrected chi connectivity index (χ3v) is 3.58. The van der Waals surface area contributed by atoms with Gasteiger partial charge in [-0.15, -0.1) is 0 Å². The molecule has 0 spiro atoms. The second-order valence-corrected chi connectivity index (χ2v) is 5.10. The molecule has 2 heterocycles. The second-order valence-electron chi connectivity index (χ2n) is 5.10. The number of fused-ring (bicyclic) bond motifs is 1. The van der Waals surface area contributed by atoms with E-state index in [9.17, 15) is 14.7 Å². The van der Waals surface area contributed by atoms with Crippen molar-refractivity contribution in [3.63, 3.8) is 0 Å². The smallest absolute Gasteiger partial charge is 0.410 e. The lowest BCUT2D eigenvalue weighted by atomic mass is 10.2. The van der Waals surface area contributed by atoms with Gasteiger partial charge < -0.3 is 9.84 Å². The summed E-state index contributed by atoms with van der Waals surface area (Å²) in [7, 11) is 1.58. The SMILES string of the molecule is Cn1nc2c(c1C(=O)O)CN(C(=O)OCc1ccccc1)C2. The average Bonchev–Trinajstić information content (AvgIpc) is 3.01. The lowest BCUT2D eigenvalue weighted by molar-refractivity contribution is 0.0679. The summed E-state index contributed by atoms with van der Waals surface area (Å²) in [6, 6.07) is 9.38. The number of carboxylic acids is 1. The van der Waals surface area contributed by atoms with Crippen molar-refractivity contribution in [2.45, 2.75) is 19.7 Å². The molecular weight excluding hydrogens is 286 g/mol. The molecule has 1 aromatic heterocycles. The first-order valence-electron chi connectivity index (χ1n) is 6.80. The predicted octanol–water partition coefficient (Wildman–Crippen LogP) is 1.77. The number of amides is 1. The quantitative estimate of drug-likeness (QED) is 0.934. The van der Waals surface area contributed by atoms with E-state index in [0.29, 0.717) is 11.3 Å². The van der Waals surface area contributed by atoms with Gasteiger partial charge in [0.25, 0.3) is 0 Å². The summed E-state index contributed by atoms with van der Waals surface area (Å²) in [4.78, 5) is 24.8. The molecule has 1 aliphatic rings. The van der Waals surface area contributed by atoms with Crippen molar-refractivity contribution in [1.82, 2.24) is 14.7 Å². The maximum atomic E-state index is 12.1. The molecule has 1 aliphatic heterocycles. The predicted molar refractivity (Wildman–Crippen MR) is 76.0 cm³/mol. The van der Waals surface area contributed by atoms with E-state index < -0.39 is 12.1 Å². The number of carbonyl (C=O) groups excluding carboxylic acids is 1. The summed E-state index contributed by atoms with van der Waals surface area (Å²) in [5.41, 5.74) is 2.20. The van der Waals surface area contributed by atoms with E-state index in [-0.39, 0.29) is 25.4 Å². The number of aryl methyl sites for hydroxylation is 1. The fourth-order valence-corrected chi connectivity index (χ4v) is 2.55. The molecule has 0 unspecified atom stereocenters. The minimum Gasteiger partial charge on any atom is -0.477 e. The summed E-state index contributed by atoms with van der Waals surface area (Å²) in [5.74, 6) is -1.05. The number of benzene rings is 1. The zero-order chi connectivity index (χ0) is 15.7. The number of aromatic nitrogens is 2. The Hall–Kier alpha value is -2.83. The molecule has 0 bridgehead atoms. The number of aromatic carboxylic acids is 1. The minimum atomic E-state index is -1.05. The highest BCUT2D eigenvalue weighted by Crippen LogP contribution is 2.25. The summed E-state index contributed by atoms with van der Waals surface area (Å²) in [5, 5.41) is 13.3. The molecule has 1 N–H and O–H groups in total. The van der Waals surface area contributed by atoms with E-state index >= 15 is 0 Å². The van der Waals surface area contributed by atoms with Crippen LogP contribution in [0.5, 0.6) is 0 Å². The molecule has 0 radical (unpaired) electrons. The van der Waals surface area contributed by atoms with Crippen molar-refractivity contribution in [3.8, 4) is 0 Å². The van der Waals surface area contributed by atoms with Crippen molar-refractivity contribution >= 4 is 12.1 Å². The van der Waals surface area contributed by atoms with E-state index in [1.807, 2.05) is 30.3 Å². The highest BCUT2D eigenvalue weighted by atomic mass is 16.6. The molecule has 1 aromatic carbocycles. The Bertz CT molecular complexity index is 724. The number of ether oxygens (including phenoxy) is 1. The minimum absolute atomic E-state index is 0.119. The molecule has 114 valence electrons. The fraction of sp³-hybridized carbons (Fsp3) is 0.267. The normalized spacial score (nSPS) is 13.0. The van der Waals surface area contributed by atoms with Crippen molar-refractivity contribution in [2.75, 3.05) is 0 Å². The van der Waals surface area contributed by atoms with Crippen LogP contribution in [0.2, 0.25) is 0 Å². The standard InChI is InChI=1S/C15H15N3O4/c1-17-13(14(19)20)11-7-18(8-12(11)16-17)15(21)22-9-10-5-3-2-4-6-10/h2-6H,7-9H2,1H3,(H,19,20). The molecule has 1 amide bonds. The molecule has 7 heteroatoms. The maximum Gasteiger partial charge on any atom is 0.410 e.